The highest BCUT2D eigenvalue weighted by Gasteiger charge is 2.32. The topological polar surface area (TPSA) is 51.0 Å². The van der Waals surface area contributed by atoms with E-state index in [2.05, 4.69) is 38.3 Å². The molecule has 1 saturated carbocycles. The van der Waals surface area contributed by atoms with Gasteiger partial charge in [-0.05, 0) is 31.5 Å². The lowest BCUT2D eigenvalue weighted by Crippen LogP contribution is -2.31. The van der Waals surface area contributed by atoms with Gasteiger partial charge in [0.05, 0.1) is 5.92 Å². The van der Waals surface area contributed by atoms with Gasteiger partial charge in [-0.1, -0.05) is 46.6 Å². The van der Waals surface area contributed by atoms with Crippen LogP contribution in [-0.2, 0) is 0 Å². The number of benzene rings is 1. The molecule has 1 aliphatic rings. The predicted molar refractivity (Wildman–Crippen MR) is 81.5 cm³/mol. The Hall–Kier alpha value is -1.20. The van der Waals surface area contributed by atoms with Crippen molar-refractivity contribution in [3.63, 3.8) is 0 Å². The summed E-state index contributed by atoms with van der Waals surface area (Å²) < 4.78 is 6.50. The fourth-order valence-corrected chi connectivity index (χ4v) is 3.36. The number of hydrogen-bond donors (Lipinski definition) is 1. The van der Waals surface area contributed by atoms with E-state index in [1.54, 1.807) is 0 Å². The highest BCUT2D eigenvalue weighted by molar-refractivity contribution is 9.10. The maximum atomic E-state index is 5.51. The maximum Gasteiger partial charge on any atom is 0.231 e. The quantitative estimate of drug-likeness (QED) is 0.924. The molecule has 0 bridgehead atoms. The van der Waals surface area contributed by atoms with Crippen LogP contribution in [0.15, 0.2) is 33.3 Å². The van der Waals surface area contributed by atoms with Gasteiger partial charge in [0.1, 0.15) is 0 Å². The smallest absolute Gasteiger partial charge is 0.231 e. The van der Waals surface area contributed by atoms with Gasteiger partial charge in [-0.2, -0.15) is 4.98 Å². The number of likely N-dealkylation sites (N-methyl/N-ethyl adjacent to an activating group) is 1. The van der Waals surface area contributed by atoms with Crippen molar-refractivity contribution in [2.75, 3.05) is 6.54 Å². The highest BCUT2D eigenvalue weighted by atomic mass is 79.9. The van der Waals surface area contributed by atoms with Crippen molar-refractivity contribution in [2.24, 2.45) is 0 Å². The summed E-state index contributed by atoms with van der Waals surface area (Å²) in [6.45, 7) is 3.11. The van der Waals surface area contributed by atoms with Crippen molar-refractivity contribution in [3.05, 3.63) is 34.6 Å². The van der Waals surface area contributed by atoms with Gasteiger partial charge >= 0.3 is 0 Å². The normalized spacial score (nSPS) is 22.3. The summed E-state index contributed by atoms with van der Waals surface area (Å²) in [7, 11) is 0. The Labute approximate surface area is 127 Å². The summed E-state index contributed by atoms with van der Waals surface area (Å²) >= 11 is 3.53. The van der Waals surface area contributed by atoms with Crippen molar-refractivity contribution >= 4 is 15.9 Å². The third-order valence-corrected chi connectivity index (χ3v) is 4.55. The zero-order valence-corrected chi connectivity index (χ0v) is 13.1. The lowest BCUT2D eigenvalue weighted by Gasteiger charge is -2.16. The van der Waals surface area contributed by atoms with Gasteiger partial charge in [0.2, 0.25) is 11.7 Å². The Bertz CT molecular complexity index is 584. The molecule has 106 valence electrons. The Morgan fingerprint density at radius 1 is 1.35 bits per heavy atom. The van der Waals surface area contributed by atoms with Crippen LogP contribution in [0.5, 0.6) is 0 Å². The summed E-state index contributed by atoms with van der Waals surface area (Å²) in [5, 5.41) is 7.66. The summed E-state index contributed by atoms with van der Waals surface area (Å²) in [5.41, 5.74) is 0.973. The largest absolute Gasteiger partial charge is 0.339 e. The van der Waals surface area contributed by atoms with Gasteiger partial charge < -0.3 is 9.84 Å². The SMILES string of the molecule is CCNC1CCCC1c1nc(-c2ccccc2Br)no1. The van der Waals surface area contributed by atoms with Gasteiger partial charge in [-0.3, -0.25) is 0 Å². The second kappa shape index (κ2) is 6.06. The van der Waals surface area contributed by atoms with Crippen LogP contribution in [0.3, 0.4) is 0 Å². The first-order chi connectivity index (χ1) is 9.79. The first kappa shape index (κ1) is 13.8. The van der Waals surface area contributed by atoms with Crippen molar-refractivity contribution < 1.29 is 4.52 Å². The average molecular weight is 336 g/mol. The first-order valence-corrected chi connectivity index (χ1v) is 7.90. The highest BCUT2D eigenvalue weighted by Crippen LogP contribution is 2.35. The fraction of sp³-hybridized carbons (Fsp3) is 0.467. The molecule has 4 nitrogen and oxygen atoms in total. The van der Waals surface area contributed by atoms with E-state index >= 15 is 0 Å². The number of nitrogens with one attached hydrogen (secondary N) is 1. The standard InChI is InChI=1S/C15H18BrN3O/c1-2-17-13-9-5-7-11(13)15-18-14(19-20-15)10-6-3-4-8-12(10)16/h3-4,6,8,11,13,17H,2,5,7,9H2,1H3. The molecule has 1 aliphatic carbocycles. The third kappa shape index (κ3) is 2.65. The molecule has 0 spiro atoms. The molecule has 1 heterocycles. The van der Waals surface area contributed by atoms with E-state index in [0.717, 1.165) is 28.9 Å². The van der Waals surface area contributed by atoms with E-state index in [1.807, 2.05) is 24.3 Å². The zero-order chi connectivity index (χ0) is 13.9. The molecule has 5 heteroatoms. The van der Waals surface area contributed by atoms with Crippen LogP contribution in [0.2, 0.25) is 0 Å². The lowest BCUT2D eigenvalue weighted by molar-refractivity contribution is 0.332. The average Bonchev–Trinajstić information content (AvgIpc) is 3.08. The molecular formula is C15H18BrN3O. The monoisotopic (exact) mass is 335 g/mol. The minimum Gasteiger partial charge on any atom is -0.339 e. The predicted octanol–water partition coefficient (Wildman–Crippen LogP) is 3.74. The van der Waals surface area contributed by atoms with Crippen molar-refractivity contribution in [2.45, 2.75) is 38.1 Å². The van der Waals surface area contributed by atoms with Crippen molar-refractivity contribution in [3.8, 4) is 11.4 Å². The zero-order valence-electron chi connectivity index (χ0n) is 11.5. The van der Waals surface area contributed by atoms with E-state index in [9.17, 15) is 0 Å². The molecule has 1 N–H and O–H groups in total. The molecule has 3 rings (SSSR count). The van der Waals surface area contributed by atoms with Gasteiger partial charge in [0.25, 0.3) is 0 Å². The molecular weight excluding hydrogens is 318 g/mol. The Morgan fingerprint density at radius 3 is 3.00 bits per heavy atom. The van der Waals surface area contributed by atoms with Gasteiger partial charge in [0.15, 0.2) is 0 Å². The number of halogens is 1. The van der Waals surface area contributed by atoms with Crippen LogP contribution < -0.4 is 5.32 Å². The van der Waals surface area contributed by atoms with E-state index in [-0.39, 0.29) is 0 Å². The Morgan fingerprint density at radius 2 is 2.20 bits per heavy atom. The summed E-state index contributed by atoms with van der Waals surface area (Å²) in [5.74, 6) is 1.77. The number of nitrogens with zero attached hydrogens (tertiary/aromatic N) is 2. The molecule has 0 radical (unpaired) electrons. The fourth-order valence-electron chi connectivity index (χ4n) is 2.90. The number of rotatable bonds is 4. The summed E-state index contributed by atoms with van der Waals surface area (Å²) in [4.78, 5) is 4.61. The molecule has 0 amide bonds. The van der Waals surface area contributed by atoms with Gasteiger partial charge in [0, 0.05) is 16.1 Å². The minimum atomic E-state index is 0.346. The van der Waals surface area contributed by atoms with Crippen LogP contribution in [0.1, 0.15) is 38.0 Å². The van der Waals surface area contributed by atoms with E-state index < -0.39 is 0 Å². The molecule has 2 aromatic rings. The molecule has 2 atom stereocenters. The maximum absolute atomic E-state index is 5.51. The van der Waals surface area contributed by atoms with Crippen LogP contribution >= 0.6 is 15.9 Å². The number of hydrogen-bond acceptors (Lipinski definition) is 4. The van der Waals surface area contributed by atoms with Crippen LogP contribution in [0.4, 0.5) is 0 Å². The first-order valence-electron chi connectivity index (χ1n) is 7.11. The lowest BCUT2D eigenvalue weighted by atomic mass is 10.0. The Kier molecular flexibility index (Phi) is 4.17. The molecule has 20 heavy (non-hydrogen) atoms. The summed E-state index contributed by atoms with van der Waals surface area (Å²) in [6.07, 6.45) is 3.52. The van der Waals surface area contributed by atoms with Gasteiger partial charge in [-0.15, -0.1) is 0 Å². The van der Waals surface area contributed by atoms with Crippen molar-refractivity contribution in [1.82, 2.24) is 15.5 Å². The molecule has 1 fully saturated rings. The molecule has 0 aliphatic heterocycles. The van der Waals surface area contributed by atoms with Crippen LogP contribution in [0, 0.1) is 0 Å². The second-order valence-corrected chi connectivity index (χ2v) is 5.99. The molecule has 1 aromatic heterocycles. The van der Waals surface area contributed by atoms with Gasteiger partial charge in [-0.25, -0.2) is 0 Å². The summed E-state index contributed by atoms with van der Waals surface area (Å²) in [6, 6.07) is 8.41. The molecule has 2 unspecified atom stereocenters. The van der Waals surface area contributed by atoms with Crippen molar-refractivity contribution in [1.29, 1.82) is 0 Å². The minimum absolute atomic E-state index is 0.346. The van der Waals surface area contributed by atoms with Crippen LogP contribution in [-0.4, -0.2) is 22.7 Å². The van der Waals surface area contributed by atoms with E-state index in [1.165, 1.54) is 12.8 Å². The van der Waals surface area contributed by atoms with E-state index in [4.69, 9.17) is 4.52 Å². The van der Waals surface area contributed by atoms with E-state index in [0.29, 0.717) is 17.8 Å². The third-order valence-electron chi connectivity index (χ3n) is 3.86. The molecule has 0 saturated heterocycles. The molecule has 1 aromatic carbocycles. The Balaban J connectivity index is 1.85. The number of aromatic nitrogens is 2. The second-order valence-electron chi connectivity index (χ2n) is 5.14. The van der Waals surface area contributed by atoms with Crippen LogP contribution in [0.25, 0.3) is 11.4 Å².